The Kier molecular flexibility index (Phi) is 6.84. The Balaban J connectivity index is 1.54. The number of hydrogen-bond acceptors (Lipinski definition) is 4. The molecule has 32 heavy (non-hydrogen) atoms. The summed E-state index contributed by atoms with van der Waals surface area (Å²) < 4.78 is 40.0. The second kappa shape index (κ2) is 9.77. The van der Waals surface area contributed by atoms with E-state index in [0.29, 0.717) is 29.5 Å². The highest BCUT2D eigenvalue weighted by molar-refractivity contribution is 6.30. The highest BCUT2D eigenvalue weighted by Crippen LogP contribution is 2.37. The standard InChI is InChI=1S/C24H26ClF2N3O2/c1-16-13-28-30(23(16)24(26)27)19-4-3-11-29(14-19)21-12-18(25)7-10-22(21)32-15-17-5-8-20(31-2)9-6-17/h5-10,12-13,19,24H,3-4,11,14-15H2,1-2H3. The third kappa shape index (κ3) is 4.83. The molecular formula is C24H26ClF2N3O2. The van der Waals surface area contributed by atoms with Crippen molar-refractivity contribution in [3.63, 3.8) is 0 Å². The van der Waals surface area contributed by atoms with E-state index in [-0.39, 0.29) is 11.7 Å². The summed E-state index contributed by atoms with van der Waals surface area (Å²) >= 11 is 6.30. The number of rotatable bonds is 7. The lowest BCUT2D eigenvalue weighted by Crippen LogP contribution is -2.37. The Morgan fingerprint density at radius 2 is 1.97 bits per heavy atom. The molecule has 0 aliphatic carbocycles. The number of aryl methyl sites for hydroxylation is 1. The first-order valence-corrected chi connectivity index (χ1v) is 11.0. The highest BCUT2D eigenvalue weighted by Gasteiger charge is 2.28. The zero-order valence-electron chi connectivity index (χ0n) is 18.1. The first-order chi connectivity index (χ1) is 15.5. The van der Waals surface area contributed by atoms with E-state index >= 15 is 0 Å². The van der Waals surface area contributed by atoms with Crippen LogP contribution in [0.3, 0.4) is 0 Å². The van der Waals surface area contributed by atoms with Crippen LogP contribution < -0.4 is 14.4 Å². The van der Waals surface area contributed by atoms with Crippen molar-refractivity contribution in [3.05, 3.63) is 70.5 Å². The normalized spacial score (nSPS) is 16.4. The number of piperidine rings is 1. The summed E-state index contributed by atoms with van der Waals surface area (Å²) in [6, 6.07) is 13.1. The van der Waals surface area contributed by atoms with Gasteiger partial charge in [-0.3, -0.25) is 4.68 Å². The number of anilines is 1. The molecule has 0 spiro atoms. The summed E-state index contributed by atoms with van der Waals surface area (Å²) in [7, 11) is 1.63. The molecule has 5 nitrogen and oxygen atoms in total. The lowest BCUT2D eigenvalue weighted by Gasteiger charge is -2.36. The molecule has 1 aromatic heterocycles. The van der Waals surface area contributed by atoms with Gasteiger partial charge in [-0.2, -0.15) is 5.10 Å². The largest absolute Gasteiger partial charge is 0.497 e. The molecule has 1 aliphatic rings. The summed E-state index contributed by atoms with van der Waals surface area (Å²) in [5, 5.41) is 4.86. The molecule has 4 rings (SSSR count). The van der Waals surface area contributed by atoms with Crippen LogP contribution in [-0.4, -0.2) is 30.0 Å². The quantitative estimate of drug-likeness (QED) is 0.419. The molecule has 2 heterocycles. The number of nitrogens with zero attached hydrogens (tertiary/aromatic N) is 3. The first-order valence-electron chi connectivity index (χ1n) is 10.6. The minimum atomic E-state index is -2.55. The van der Waals surface area contributed by atoms with Crippen LogP contribution in [0.15, 0.2) is 48.7 Å². The van der Waals surface area contributed by atoms with Crippen molar-refractivity contribution < 1.29 is 18.3 Å². The number of methoxy groups -OCH3 is 1. The molecule has 170 valence electrons. The molecular weight excluding hydrogens is 436 g/mol. The van der Waals surface area contributed by atoms with Crippen LogP contribution in [0.1, 0.15) is 42.1 Å². The van der Waals surface area contributed by atoms with Gasteiger partial charge in [0.2, 0.25) is 0 Å². The monoisotopic (exact) mass is 461 g/mol. The smallest absolute Gasteiger partial charge is 0.280 e. The summed E-state index contributed by atoms with van der Waals surface area (Å²) in [6.45, 7) is 3.41. The van der Waals surface area contributed by atoms with Crippen LogP contribution in [0.2, 0.25) is 5.02 Å². The maximum atomic E-state index is 13.6. The van der Waals surface area contributed by atoms with E-state index < -0.39 is 6.43 Å². The van der Waals surface area contributed by atoms with E-state index in [4.69, 9.17) is 21.1 Å². The van der Waals surface area contributed by atoms with Crippen molar-refractivity contribution in [2.75, 3.05) is 25.1 Å². The van der Waals surface area contributed by atoms with Gasteiger partial charge in [-0.15, -0.1) is 0 Å². The first kappa shape index (κ1) is 22.4. The Bertz CT molecular complexity index is 1060. The van der Waals surface area contributed by atoms with Gasteiger partial charge in [-0.25, -0.2) is 8.78 Å². The van der Waals surface area contributed by atoms with E-state index in [1.807, 2.05) is 36.4 Å². The number of ether oxygens (including phenoxy) is 2. The maximum absolute atomic E-state index is 13.6. The zero-order valence-corrected chi connectivity index (χ0v) is 18.9. The minimum Gasteiger partial charge on any atom is -0.497 e. The molecule has 3 aromatic rings. The fraction of sp³-hybridized carbons (Fsp3) is 0.375. The predicted octanol–water partition coefficient (Wildman–Crippen LogP) is 6.21. The topological polar surface area (TPSA) is 39.5 Å². The van der Waals surface area contributed by atoms with Crippen molar-refractivity contribution in [1.82, 2.24) is 9.78 Å². The zero-order chi connectivity index (χ0) is 22.7. The van der Waals surface area contributed by atoms with Gasteiger partial charge in [-0.05, 0) is 61.2 Å². The van der Waals surface area contributed by atoms with E-state index in [1.165, 1.54) is 10.9 Å². The van der Waals surface area contributed by atoms with Crippen molar-refractivity contribution in [2.45, 2.75) is 38.8 Å². The molecule has 0 saturated carbocycles. The van der Waals surface area contributed by atoms with Gasteiger partial charge in [0.1, 0.15) is 23.8 Å². The molecule has 0 N–H and O–H groups in total. The fourth-order valence-corrected chi connectivity index (χ4v) is 4.30. The molecule has 1 unspecified atom stereocenters. The van der Waals surface area contributed by atoms with Crippen molar-refractivity contribution in [3.8, 4) is 11.5 Å². The average molecular weight is 462 g/mol. The van der Waals surface area contributed by atoms with E-state index in [9.17, 15) is 8.78 Å². The molecule has 1 fully saturated rings. The van der Waals surface area contributed by atoms with Gasteiger partial charge >= 0.3 is 0 Å². The van der Waals surface area contributed by atoms with Gasteiger partial charge in [0.15, 0.2) is 0 Å². The fourth-order valence-electron chi connectivity index (χ4n) is 4.14. The van der Waals surface area contributed by atoms with Gasteiger partial charge in [0.25, 0.3) is 6.43 Å². The Hall–Kier alpha value is -2.80. The van der Waals surface area contributed by atoms with Crippen molar-refractivity contribution in [1.29, 1.82) is 0 Å². The summed E-state index contributed by atoms with van der Waals surface area (Å²) in [6.07, 6.45) is 0.613. The number of benzene rings is 2. The molecule has 2 aromatic carbocycles. The van der Waals surface area contributed by atoms with Gasteiger partial charge in [-0.1, -0.05) is 23.7 Å². The molecule has 1 atom stereocenters. The predicted molar refractivity (Wildman–Crippen MR) is 121 cm³/mol. The van der Waals surface area contributed by atoms with Crippen molar-refractivity contribution in [2.24, 2.45) is 0 Å². The van der Waals surface area contributed by atoms with Gasteiger partial charge < -0.3 is 14.4 Å². The van der Waals surface area contributed by atoms with Crippen LogP contribution in [0.25, 0.3) is 0 Å². The lowest BCUT2D eigenvalue weighted by molar-refractivity contribution is 0.133. The maximum Gasteiger partial charge on any atom is 0.280 e. The average Bonchev–Trinajstić information content (AvgIpc) is 3.20. The van der Waals surface area contributed by atoms with Crippen LogP contribution in [0, 0.1) is 6.92 Å². The Morgan fingerprint density at radius 3 is 2.69 bits per heavy atom. The molecule has 1 saturated heterocycles. The SMILES string of the molecule is COc1ccc(COc2ccc(Cl)cc2N2CCCC(n3ncc(C)c3C(F)F)C2)cc1. The second-order valence-corrected chi connectivity index (χ2v) is 8.39. The third-order valence-corrected chi connectivity index (χ3v) is 6.03. The van der Waals surface area contributed by atoms with Crippen molar-refractivity contribution >= 4 is 17.3 Å². The summed E-state index contributed by atoms with van der Waals surface area (Å²) in [5.41, 5.74) is 2.39. The van der Waals surface area contributed by atoms with Crippen LogP contribution in [0.5, 0.6) is 11.5 Å². The minimum absolute atomic E-state index is 0.000997. The lowest BCUT2D eigenvalue weighted by atomic mass is 10.0. The number of aromatic nitrogens is 2. The Labute approximate surface area is 191 Å². The van der Waals surface area contributed by atoms with Crippen LogP contribution >= 0.6 is 11.6 Å². The van der Waals surface area contributed by atoms with Gasteiger partial charge in [0, 0.05) is 18.1 Å². The molecule has 0 radical (unpaired) electrons. The summed E-state index contributed by atoms with van der Waals surface area (Å²) in [5.74, 6) is 1.49. The van der Waals surface area contributed by atoms with Crippen LogP contribution in [0.4, 0.5) is 14.5 Å². The van der Waals surface area contributed by atoms with E-state index in [2.05, 4.69) is 10.00 Å². The highest BCUT2D eigenvalue weighted by atomic mass is 35.5. The summed E-state index contributed by atoms with van der Waals surface area (Å²) in [4.78, 5) is 2.15. The third-order valence-electron chi connectivity index (χ3n) is 5.79. The number of hydrogen-bond donors (Lipinski definition) is 0. The van der Waals surface area contributed by atoms with Gasteiger partial charge in [0.05, 0.1) is 25.0 Å². The second-order valence-electron chi connectivity index (χ2n) is 7.95. The number of halogens is 3. The van der Waals surface area contributed by atoms with E-state index in [0.717, 1.165) is 36.4 Å². The molecule has 0 amide bonds. The molecule has 8 heteroatoms. The molecule has 0 bridgehead atoms. The number of alkyl halides is 2. The Morgan fingerprint density at radius 1 is 1.19 bits per heavy atom. The van der Waals surface area contributed by atoms with E-state index in [1.54, 1.807) is 20.1 Å². The molecule has 1 aliphatic heterocycles. The van der Waals surface area contributed by atoms with Crippen LogP contribution in [-0.2, 0) is 6.61 Å².